The molecule has 0 unspecified atom stereocenters. The fourth-order valence-electron chi connectivity index (χ4n) is 2.19. The van der Waals surface area contributed by atoms with Crippen molar-refractivity contribution < 1.29 is 0 Å². The van der Waals surface area contributed by atoms with Gasteiger partial charge in [-0.25, -0.2) is 0 Å². The first-order chi connectivity index (χ1) is 7.02. The minimum Gasteiger partial charge on any atom is -0.0840 e. The molecule has 0 spiro atoms. The molecule has 0 heterocycles. The lowest BCUT2D eigenvalue weighted by atomic mass is 9.95. The van der Waals surface area contributed by atoms with E-state index in [9.17, 15) is 0 Å². The van der Waals surface area contributed by atoms with E-state index in [1.165, 1.54) is 22.3 Å². The van der Waals surface area contributed by atoms with Gasteiger partial charge in [-0.1, -0.05) is 43.1 Å². The Hall–Kier alpha value is -0.460. The highest BCUT2D eigenvalue weighted by atomic mass is 35.5. The van der Waals surface area contributed by atoms with Crippen LogP contribution in [0.3, 0.4) is 0 Å². The molecule has 80 valence electrons. The zero-order chi connectivity index (χ0) is 11.2. The van der Waals surface area contributed by atoms with E-state index in [-0.39, 0.29) is 0 Å². The third-order valence-corrected chi connectivity index (χ3v) is 3.75. The van der Waals surface area contributed by atoms with Crippen molar-refractivity contribution in [3.63, 3.8) is 0 Å². The lowest BCUT2D eigenvalue weighted by Crippen LogP contribution is -1.96. The molecule has 0 amide bonds. The Balaban J connectivity index is 2.71. The molecular weight excluding hydrogens is 227 g/mol. The monoisotopic (exact) mass is 240 g/mol. The first-order valence-corrected chi connectivity index (χ1v) is 5.95. The second-order valence-corrected chi connectivity index (χ2v) is 5.21. The van der Waals surface area contributed by atoms with Gasteiger partial charge in [-0.05, 0) is 42.0 Å². The van der Waals surface area contributed by atoms with Crippen molar-refractivity contribution >= 4 is 28.2 Å². The van der Waals surface area contributed by atoms with Crippen molar-refractivity contribution in [2.24, 2.45) is 0 Å². The van der Waals surface area contributed by atoms with Gasteiger partial charge in [-0.3, -0.25) is 0 Å². The number of fused-ring (bicyclic) bond motifs is 1. The molecule has 0 aromatic heterocycles. The van der Waals surface area contributed by atoms with Crippen molar-refractivity contribution in [1.29, 1.82) is 0 Å². The summed E-state index contributed by atoms with van der Waals surface area (Å²) in [5, 5.41) is 1.73. The van der Waals surface area contributed by atoms with E-state index in [0.717, 1.165) is 16.5 Å². The van der Waals surface area contributed by atoms with E-state index in [2.05, 4.69) is 26.8 Å². The van der Waals surface area contributed by atoms with E-state index in [4.69, 9.17) is 23.2 Å². The second-order valence-electron chi connectivity index (χ2n) is 4.42. The Morgan fingerprint density at radius 3 is 2.47 bits per heavy atom. The standard InChI is InChI=1S/C13H14Cl2/c1-7(2)11-10(14)5-4-9-6-8(3)13(15)12(9)11/h4-5,7H,6H2,1-3H3. The fourth-order valence-corrected chi connectivity index (χ4v) is 2.85. The van der Waals surface area contributed by atoms with Gasteiger partial charge in [0, 0.05) is 15.6 Å². The third kappa shape index (κ3) is 1.70. The summed E-state index contributed by atoms with van der Waals surface area (Å²) in [7, 11) is 0. The van der Waals surface area contributed by atoms with E-state index in [0.29, 0.717) is 5.92 Å². The van der Waals surface area contributed by atoms with Crippen LogP contribution in [0, 0.1) is 0 Å². The Morgan fingerprint density at radius 2 is 1.87 bits per heavy atom. The molecule has 15 heavy (non-hydrogen) atoms. The van der Waals surface area contributed by atoms with Gasteiger partial charge < -0.3 is 0 Å². The Morgan fingerprint density at radius 1 is 1.20 bits per heavy atom. The molecule has 1 aliphatic rings. The molecule has 2 heteroatoms. The van der Waals surface area contributed by atoms with Crippen molar-refractivity contribution in [2.75, 3.05) is 0 Å². The minimum atomic E-state index is 0.409. The molecule has 2 rings (SSSR count). The molecule has 0 saturated heterocycles. The summed E-state index contributed by atoms with van der Waals surface area (Å²) in [4.78, 5) is 0. The van der Waals surface area contributed by atoms with Crippen LogP contribution in [0.2, 0.25) is 5.02 Å². The molecule has 0 saturated carbocycles. The first kappa shape index (κ1) is 11.0. The summed E-state index contributed by atoms with van der Waals surface area (Å²) in [6.07, 6.45) is 0.963. The Bertz CT molecular complexity index is 442. The lowest BCUT2D eigenvalue weighted by Gasteiger charge is -2.14. The zero-order valence-electron chi connectivity index (χ0n) is 9.20. The van der Waals surface area contributed by atoms with Crippen molar-refractivity contribution in [3.8, 4) is 0 Å². The number of benzene rings is 1. The van der Waals surface area contributed by atoms with Crippen molar-refractivity contribution in [3.05, 3.63) is 39.4 Å². The van der Waals surface area contributed by atoms with Crippen LogP contribution in [0.15, 0.2) is 17.7 Å². The van der Waals surface area contributed by atoms with Crippen LogP contribution in [0.4, 0.5) is 0 Å². The van der Waals surface area contributed by atoms with E-state index >= 15 is 0 Å². The van der Waals surface area contributed by atoms with Gasteiger partial charge in [0.15, 0.2) is 0 Å². The summed E-state index contributed by atoms with van der Waals surface area (Å²) in [6, 6.07) is 4.07. The number of halogens is 2. The van der Waals surface area contributed by atoms with Crippen LogP contribution < -0.4 is 0 Å². The third-order valence-electron chi connectivity index (χ3n) is 2.91. The smallest absolute Gasteiger partial charge is 0.0477 e. The Kier molecular flexibility index (Phi) is 2.83. The van der Waals surface area contributed by atoms with Gasteiger partial charge in [-0.2, -0.15) is 0 Å². The summed E-state index contributed by atoms with van der Waals surface area (Å²) >= 11 is 12.6. The number of allylic oxidation sites excluding steroid dienone is 1. The average Bonchev–Trinajstić information content (AvgIpc) is 2.44. The van der Waals surface area contributed by atoms with Gasteiger partial charge >= 0.3 is 0 Å². The minimum absolute atomic E-state index is 0.409. The summed E-state index contributed by atoms with van der Waals surface area (Å²) < 4.78 is 0. The number of hydrogen-bond donors (Lipinski definition) is 0. The van der Waals surface area contributed by atoms with Crippen LogP contribution >= 0.6 is 23.2 Å². The van der Waals surface area contributed by atoms with E-state index in [1.54, 1.807) is 0 Å². The van der Waals surface area contributed by atoms with Crippen LogP contribution in [-0.4, -0.2) is 0 Å². The Labute approximate surface area is 101 Å². The van der Waals surface area contributed by atoms with Crippen LogP contribution in [-0.2, 0) is 6.42 Å². The first-order valence-electron chi connectivity index (χ1n) is 5.19. The predicted octanol–water partition coefficient (Wildman–Crippen LogP) is 4.99. The maximum absolute atomic E-state index is 6.34. The molecule has 0 atom stereocenters. The number of rotatable bonds is 1. The van der Waals surface area contributed by atoms with Gasteiger partial charge in [0.25, 0.3) is 0 Å². The molecule has 0 nitrogen and oxygen atoms in total. The average molecular weight is 241 g/mol. The highest BCUT2D eigenvalue weighted by Crippen LogP contribution is 2.42. The van der Waals surface area contributed by atoms with E-state index in [1.807, 2.05) is 6.07 Å². The molecule has 0 fully saturated rings. The van der Waals surface area contributed by atoms with Crippen molar-refractivity contribution in [2.45, 2.75) is 33.1 Å². The van der Waals surface area contributed by atoms with Gasteiger partial charge in [0.2, 0.25) is 0 Å². The molecule has 0 aliphatic heterocycles. The second kappa shape index (κ2) is 3.84. The summed E-state index contributed by atoms with van der Waals surface area (Å²) in [5.41, 5.74) is 4.93. The SMILES string of the molecule is CC1=C(Cl)c2c(ccc(Cl)c2C(C)C)C1. The van der Waals surface area contributed by atoms with E-state index < -0.39 is 0 Å². The summed E-state index contributed by atoms with van der Waals surface area (Å²) in [6.45, 7) is 6.39. The van der Waals surface area contributed by atoms with Crippen LogP contribution in [0.25, 0.3) is 5.03 Å². The van der Waals surface area contributed by atoms with Crippen LogP contribution in [0.1, 0.15) is 43.4 Å². The maximum Gasteiger partial charge on any atom is 0.0477 e. The van der Waals surface area contributed by atoms with Gasteiger partial charge in [0.1, 0.15) is 0 Å². The molecular formula is C13H14Cl2. The quantitative estimate of drug-likeness (QED) is 0.649. The normalized spacial score (nSPS) is 15.1. The molecule has 0 bridgehead atoms. The highest BCUT2D eigenvalue weighted by Gasteiger charge is 2.23. The number of hydrogen-bond acceptors (Lipinski definition) is 0. The molecule has 1 aromatic carbocycles. The van der Waals surface area contributed by atoms with Crippen molar-refractivity contribution in [1.82, 2.24) is 0 Å². The lowest BCUT2D eigenvalue weighted by molar-refractivity contribution is 0.862. The molecule has 1 aromatic rings. The molecule has 1 aliphatic carbocycles. The largest absolute Gasteiger partial charge is 0.0840 e. The fraction of sp³-hybridized carbons (Fsp3) is 0.385. The molecule has 0 N–H and O–H groups in total. The maximum atomic E-state index is 6.34. The summed E-state index contributed by atoms with van der Waals surface area (Å²) in [5.74, 6) is 0.409. The van der Waals surface area contributed by atoms with Crippen LogP contribution in [0.5, 0.6) is 0 Å². The zero-order valence-corrected chi connectivity index (χ0v) is 10.7. The highest BCUT2D eigenvalue weighted by molar-refractivity contribution is 6.50. The topological polar surface area (TPSA) is 0 Å². The van der Waals surface area contributed by atoms with Gasteiger partial charge in [0.05, 0.1) is 0 Å². The predicted molar refractivity (Wildman–Crippen MR) is 67.7 cm³/mol. The molecule has 0 radical (unpaired) electrons. The van der Waals surface area contributed by atoms with Gasteiger partial charge in [-0.15, -0.1) is 0 Å².